The second-order valence-electron chi connectivity index (χ2n) is 3.06. The monoisotopic (exact) mass is 167 g/mol. The minimum Gasteiger partial charge on any atom is -0.316 e. The van der Waals surface area contributed by atoms with Crippen molar-refractivity contribution in [2.24, 2.45) is 0 Å². The van der Waals surface area contributed by atoms with Crippen LogP contribution in [0.25, 0.3) is 0 Å². The molecule has 1 aromatic carbocycles. The molecule has 0 saturated heterocycles. The second-order valence-corrected chi connectivity index (χ2v) is 3.06. The van der Waals surface area contributed by atoms with Crippen LogP contribution in [0, 0.1) is 19.7 Å². The smallest absolute Gasteiger partial charge is 0.127 e. The van der Waals surface area contributed by atoms with Crippen LogP contribution >= 0.6 is 0 Å². The second kappa shape index (κ2) is 3.68. The van der Waals surface area contributed by atoms with Crippen molar-refractivity contribution in [2.45, 2.75) is 20.4 Å². The Bertz CT molecular complexity index is 281. The van der Waals surface area contributed by atoms with Crippen LogP contribution in [0.15, 0.2) is 12.1 Å². The number of aryl methyl sites for hydroxylation is 2. The minimum atomic E-state index is -0.118. The van der Waals surface area contributed by atoms with E-state index in [0.717, 1.165) is 16.7 Å². The lowest BCUT2D eigenvalue weighted by Crippen LogP contribution is -2.07. The zero-order valence-electron chi connectivity index (χ0n) is 7.74. The van der Waals surface area contributed by atoms with Gasteiger partial charge in [-0.25, -0.2) is 4.39 Å². The van der Waals surface area contributed by atoms with Gasteiger partial charge < -0.3 is 5.32 Å². The van der Waals surface area contributed by atoms with Gasteiger partial charge in [-0.15, -0.1) is 0 Å². The number of benzene rings is 1. The molecule has 1 N–H and O–H groups in total. The van der Waals surface area contributed by atoms with Crippen molar-refractivity contribution in [1.29, 1.82) is 0 Å². The first-order valence-electron chi connectivity index (χ1n) is 4.05. The third-order valence-corrected chi connectivity index (χ3v) is 2.03. The molecule has 0 radical (unpaired) electrons. The summed E-state index contributed by atoms with van der Waals surface area (Å²) in [6.07, 6.45) is 0. The third kappa shape index (κ3) is 1.83. The van der Waals surface area contributed by atoms with E-state index < -0.39 is 0 Å². The summed E-state index contributed by atoms with van der Waals surface area (Å²) in [7, 11) is 1.81. The highest BCUT2D eigenvalue weighted by atomic mass is 19.1. The maximum atomic E-state index is 13.2. The molecule has 0 bridgehead atoms. The van der Waals surface area contributed by atoms with E-state index >= 15 is 0 Å². The molecule has 2 heteroatoms. The van der Waals surface area contributed by atoms with Gasteiger partial charge in [0.05, 0.1) is 0 Å². The van der Waals surface area contributed by atoms with Crippen LogP contribution in [-0.4, -0.2) is 7.05 Å². The quantitative estimate of drug-likeness (QED) is 0.711. The summed E-state index contributed by atoms with van der Waals surface area (Å²) >= 11 is 0. The summed E-state index contributed by atoms with van der Waals surface area (Å²) in [5.74, 6) is -0.118. The molecule has 0 saturated carbocycles. The SMILES string of the molecule is CNCc1cc(C)c(C)cc1F. The van der Waals surface area contributed by atoms with E-state index in [1.54, 1.807) is 6.07 Å². The van der Waals surface area contributed by atoms with E-state index in [9.17, 15) is 4.39 Å². The first-order chi connectivity index (χ1) is 5.65. The first-order valence-corrected chi connectivity index (χ1v) is 4.05. The first kappa shape index (κ1) is 9.20. The van der Waals surface area contributed by atoms with Crippen LogP contribution in [0.4, 0.5) is 4.39 Å². The lowest BCUT2D eigenvalue weighted by Gasteiger charge is -2.06. The lowest BCUT2D eigenvalue weighted by atomic mass is 10.1. The molecule has 0 aliphatic carbocycles. The highest BCUT2D eigenvalue weighted by Crippen LogP contribution is 2.14. The number of hydrogen-bond acceptors (Lipinski definition) is 1. The molecule has 0 unspecified atom stereocenters. The molecule has 0 aromatic heterocycles. The molecule has 12 heavy (non-hydrogen) atoms. The molecule has 66 valence electrons. The Morgan fingerprint density at radius 1 is 1.25 bits per heavy atom. The highest BCUT2D eigenvalue weighted by molar-refractivity contribution is 5.31. The molecule has 0 aliphatic rings. The van der Waals surface area contributed by atoms with E-state index in [4.69, 9.17) is 0 Å². The number of rotatable bonds is 2. The van der Waals surface area contributed by atoms with Crippen LogP contribution < -0.4 is 5.32 Å². The average molecular weight is 167 g/mol. The predicted octanol–water partition coefficient (Wildman–Crippen LogP) is 2.16. The van der Waals surface area contributed by atoms with Gasteiger partial charge in [-0.3, -0.25) is 0 Å². The van der Waals surface area contributed by atoms with Crippen LogP contribution in [0.5, 0.6) is 0 Å². The molecule has 1 aromatic rings. The maximum Gasteiger partial charge on any atom is 0.127 e. The van der Waals surface area contributed by atoms with Crippen LogP contribution in [0.1, 0.15) is 16.7 Å². The Labute approximate surface area is 72.6 Å². The predicted molar refractivity (Wildman–Crippen MR) is 48.6 cm³/mol. The van der Waals surface area contributed by atoms with E-state index in [1.807, 2.05) is 27.0 Å². The van der Waals surface area contributed by atoms with Crippen LogP contribution in [0.2, 0.25) is 0 Å². The van der Waals surface area contributed by atoms with Crippen molar-refractivity contribution >= 4 is 0 Å². The summed E-state index contributed by atoms with van der Waals surface area (Å²) in [5.41, 5.74) is 2.88. The Hall–Kier alpha value is -0.890. The fourth-order valence-corrected chi connectivity index (χ4v) is 1.17. The zero-order chi connectivity index (χ0) is 9.14. The molecular formula is C10H14FN. The van der Waals surface area contributed by atoms with Gasteiger partial charge in [-0.2, -0.15) is 0 Å². The molecule has 1 nitrogen and oxygen atoms in total. The summed E-state index contributed by atoms with van der Waals surface area (Å²) in [5, 5.41) is 2.93. The topological polar surface area (TPSA) is 12.0 Å². The van der Waals surface area contributed by atoms with Gasteiger partial charge in [-0.05, 0) is 38.1 Å². The zero-order valence-corrected chi connectivity index (χ0v) is 7.74. The largest absolute Gasteiger partial charge is 0.316 e. The molecule has 0 atom stereocenters. The van der Waals surface area contributed by atoms with Gasteiger partial charge in [-0.1, -0.05) is 6.07 Å². The standard InChI is InChI=1S/C10H14FN/c1-7-4-9(6-12-3)10(11)5-8(7)2/h4-5,12H,6H2,1-3H3. The molecular weight excluding hydrogens is 153 g/mol. The average Bonchev–Trinajstić information content (AvgIpc) is 2.01. The van der Waals surface area contributed by atoms with E-state index in [-0.39, 0.29) is 5.82 Å². The van der Waals surface area contributed by atoms with Crippen molar-refractivity contribution in [1.82, 2.24) is 5.32 Å². The summed E-state index contributed by atoms with van der Waals surface area (Å²) in [4.78, 5) is 0. The highest BCUT2D eigenvalue weighted by Gasteiger charge is 2.02. The lowest BCUT2D eigenvalue weighted by molar-refractivity contribution is 0.599. The normalized spacial score (nSPS) is 10.3. The van der Waals surface area contributed by atoms with Crippen molar-refractivity contribution in [3.8, 4) is 0 Å². The van der Waals surface area contributed by atoms with Gasteiger partial charge >= 0.3 is 0 Å². The van der Waals surface area contributed by atoms with E-state index in [1.165, 1.54) is 0 Å². The third-order valence-electron chi connectivity index (χ3n) is 2.03. The van der Waals surface area contributed by atoms with Crippen molar-refractivity contribution in [2.75, 3.05) is 7.05 Å². The Morgan fingerprint density at radius 2 is 1.83 bits per heavy atom. The minimum absolute atomic E-state index is 0.118. The summed E-state index contributed by atoms with van der Waals surface area (Å²) in [6.45, 7) is 4.50. The molecule has 0 heterocycles. The van der Waals surface area contributed by atoms with Crippen molar-refractivity contribution in [3.05, 3.63) is 34.6 Å². The van der Waals surface area contributed by atoms with Gasteiger partial charge in [0.15, 0.2) is 0 Å². The summed E-state index contributed by atoms with van der Waals surface area (Å²) in [6, 6.07) is 3.48. The number of nitrogens with one attached hydrogen (secondary N) is 1. The Kier molecular flexibility index (Phi) is 2.82. The fourth-order valence-electron chi connectivity index (χ4n) is 1.17. The fraction of sp³-hybridized carbons (Fsp3) is 0.400. The molecule has 0 aliphatic heterocycles. The van der Waals surface area contributed by atoms with Crippen LogP contribution in [-0.2, 0) is 6.54 Å². The van der Waals surface area contributed by atoms with Gasteiger partial charge in [0, 0.05) is 12.1 Å². The van der Waals surface area contributed by atoms with Crippen LogP contribution in [0.3, 0.4) is 0 Å². The number of halogens is 1. The number of hydrogen-bond donors (Lipinski definition) is 1. The van der Waals surface area contributed by atoms with E-state index in [0.29, 0.717) is 6.54 Å². The molecule has 0 spiro atoms. The molecule has 1 rings (SSSR count). The molecule has 0 amide bonds. The Morgan fingerprint density at radius 3 is 2.42 bits per heavy atom. The van der Waals surface area contributed by atoms with Crippen molar-refractivity contribution in [3.63, 3.8) is 0 Å². The Balaban J connectivity index is 3.05. The van der Waals surface area contributed by atoms with E-state index in [2.05, 4.69) is 5.32 Å². The van der Waals surface area contributed by atoms with Gasteiger partial charge in [0.25, 0.3) is 0 Å². The molecule has 0 fully saturated rings. The van der Waals surface area contributed by atoms with Crippen molar-refractivity contribution < 1.29 is 4.39 Å². The summed E-state index contributed by atoms with van der Waals surface area (Å²) < 4.78 is 13.2. The van der Waals surface area contributed by atoms with Gasteiger partial charge in [0.2, 0.25) is 0 Å². The van der Waals surface area contributed by atoms with Gasteiger partial charge in [0.1, 0.15) is 5.82 Å². The maximum absolute atomic E-state index is 13.2.